The molecule has 1 saturated heterocycles. The summed E-state index contributed by atoms with van der Waals surface area (Å²) in [6.07, 6.45) is 1.77. The molecule has 0 unspecified atom stereocenters. The summed E-state index contributed by atoms with van der Waals surface area (Å²) in [5.74, 6) is 0. The van der Waals surface area contributed by atoms with E-state index in [0.29, 0.717) is 0 Å². The van der Waals surface area contributed by atoms with Crippen LogP contribution in [0.1, 0.15) is 29.5 Å². The maximum Gasteiger partial charge on any atom is 0.0564 e. The number of aryl methyl sites for hydroxylation is 2. The highest BCUT2D eigenvalue weighted by atomic mass is 16.3. The molecular formula is C14H21NO. The van der Waals surface area contributed by atoms with Gasteiger partial charge in [0.15, 0.2) is 0 Å². The first kappa shape index (κ1) is 11.6. The maximum atomic E-state index is 9.46. The third-order valence-electron chi connectivity index (χ3n) is 3.45. The van der Waals surface area contributed by atoms with E-state index in [4.69, 9.17) is 0 Å². The summed E-state index contributed by atoms with van der Waals surface area (Å²) < 4.78 is 0. The molecule has 0 atom stereocenters. The van der Waals surface area contributed by atoms with Crippen molar-refractivity contribution in [3.8, 4) is 0 Å². The molecule has 2 rings (SSSR count). The summed E-state index contributed by atoms with van der Waals surface area (Å²) >= 11 is 0. The highest BCUT2D eigenvalue weighted by Gasteiger charge is 2.17. The van der Waals surface area contributed by atoms with Crippen molar-refractivity contribution < 1.29 is 5.11 Å². The molecule has 2 heteroatoms. The summed E-state index contributed by atoms with van der Waals surface area (Å²) in [6.45, 7) is 7.39. The molecule has 1 fully saturated rings. The zero-order valence-electron chi connectivity index (χ0n) is 10.2. The average Bonchev–Trinajstić information content (AvgIpc) is 2.25. The molecular weight excluding hydrogens is 198 g/mol. The zero-order chi connectivity index (χ0) is 11.5. The second-order valence-corrected chi connectivity index (χ2v) is 4.94. The minimum atomic E-state index is -0.0737. The Morgan fingerprint density at radius 1 is 1.25 bits per heavy atom. The topological polar surface area (TPSA) is 23.5 Å². The van der Waals surface area contributed by atoms with Crippen LogP contribution in [0.4, 0.5) is 0 Å². The maximum absolute atomic E-state index is 9.46. The van der Waals surface area contributed by atoms with Gasteiger partial charge >= 0.3 is 0 Å². The first-order valence-corrected chi connectivity index (χ1v) is 6.11. The lowest BCUT2D eigenvalue weighted by Crippen LogP contribution is -2.35. The lowest BCUT2D eigenvalue weighted by Gasteiger charge is -2.29. The Labute approximate surface area is 97.9 Å². The summed E-state index contributed by atoms with van der Waals surface area (Å²) in [4.78, 5) is 2.43. The molecule has 1 aromatic carbocycles. The molecule has 0 radical (unpaired) electrons. The standard InChI is InChI=1S/C14H21NO/c1-11-3-4-13(12(2)9-11)10-15-7-5-14(16)6-8-15/h3-4,9,14,16H,5-8,10H2,1-2H3. The quantitative estimate of drug-likeness (QED) is 0.824. The van der Waals surface area contributed by atoms with Crippen LogP contribution in [0.3, 0.4) is 0 Å². The molecule has 1 N–H and O–H groups in total. The fraction of sp³-hybridized carbons (Fsp3) is 0.571. The molecule has 0 saturated carbocycles. The number of hydrogen-bond acceptors (Lipinski definition) is 2. The number of likely N-dealkylation sites (tertiary alicyclic amines) is 1. The molecule has 88 valence electrons. The van der Waals surface area contributed by atoms with Crippen molar-refractivity contribution in [2.75, 3.05) is 13.1 Å². The van der Waals surface area contributed by atoms with Gasteiger partial charge in [-0.1, -0.05) is 23.8 Å². The van der Waals surface area contributed by atoms with E-state index >= 15 is 0 Å². The predicted octanol–water partition coefficient (Wildman–Crippen LogP) is 2.26. The van der Waals surface area contributed by atoms with E-state index in [9.17, 15) is 5.11 Å². The van der Waals surface area contributed by atoms with Crippen LogP contribution in [-0.4, -0.2) is 29.2 Å². The van der Waals surface area contributed by atoms with Crippen LogP contribution in [0.5, 0.6) is 0 Å². The second kappa shape index (κ2) is 4.98. The number of piperidine rings is 1. The Morgan fingerprint density at radius 2 is 1.94 bits per heavy atom. The molecule has 1 heterocycles. The summed E-state index contributed by atoms with van der Waals surface area (Å²) in [7, 11) is 0. The monoisotopic (exact) mass is 219 g/mol. The van der Waals surface area contributed by atoms with Gasteiger partial charge in [-0.05, 0) is 37.8 Å². The van der Waals surface area contributed by atoms with Gasteiger partial charge in [0.1, 0.15) is 0 Å². The Kier molecular flexibility index (Phi) is 3.62. The van der Waals surface area contributed by atoms with E-state index in [1.165, 1.54) is 16.7 Å². The number of nitrogens with zero attached hydrogens (tertiary/aromatic N) is 1. The van der Waals surface area contributed by atoms with Crippen molar-refractivity contribution in [2.24, 2.45) is 0 Å². The van der Waals surface area contributed by atoms with E-state index in [-0.39, 0.29) is 6.10 Å². The number of aliphatic hydroxyl groups is 1. The molecule has 1 aliphatic heterocycles. The number of hydrogen-bond donors (Lipinski definition) is 1. The molecule has 0 aliphatic carbocycles. The van der Waals surface area contributed by atoms with E-state index < -0.39 is 0 Å². The van der Waals surface area contributed by atoms with Crippen molar-refractivity contribution in [1.82, 2.24) is 4.90 Å². The summed E-state index contributed by atoms with van der Waals surface area (Å²) in [6, 6.07) is 6.66. The fourth-order valence-electron chi connectivity index (χ4n) is 2.34. The van der Waals surface area contributed by atoms with Gasteiger partial charge in [0.2, 0.25) is 0 Å². The van der Waals surface area contributed by atoms with Gasteiger partial charge in [0, 0.05) is 19.6 Å². The van der Waals surface area contributed by atoms with Gasteiger partial charge in [-0.2, -0.15) is 0 Å². The SMILES string of the molecule is Cc1ccc(CN2CCC(O)CC2)c(C)c1. The minimum Gasteiger partial charge on any atom is -0.393 e. The Bertz CT molecular complexity index is 354. The van der Waals surface area contributed by atoms with E-state index in [2.05, 4.69) is 36.9 Å². The van der Waals surface area contributed by atoms with Crippen LogP contribution >= 0.6 is 0 Å². The van der Waals surface area contributed by atoms with Crippen LogP contribution in [0.2, 0.25) is 0 Å². The lowest BCUT2D eigenvalue weighted by molar-refractivity contribution is 0.0791. The molecule has 16 heavy (non-hydrogen) atoms. The average molecular weight is 219 g/mol. The highest BCUT2D eigenvalue weighted by molar-refractivity contribution is 5.30. The Hall–Kier alpha value is -0.860. The Balaban J connectivity index is 1.98. The van der Waals surface area contributed by atoms with Crippen molar-refractivity contribution in [3.63, 3.8) is 0 Å². The van der Waals surface area contributed by atoms with Gasteiger partial charge < -0.3 is 5.11 Å². The number of benzene rings is 1. The largest absolute Gasteiger partial charge is 0.393 e. The second-order valence-electron chi connectivity index (χ2n) is 4.94. The smallest absolute Gasteiger partial charge is 0.0564 e. The van der Waals surface area contributed by atoms with Crippen LogP contribution in [0.15, 0.2) is 18.2 Å². The summed E-state index contributed by atoms with van der Waals surface area (Å²) in [5.41, 5.74) is 4.13. The first-order chi connectivity index (χ1) is 7.65. The van der Waals surface area contributed by atoms with Gasteiger partial charge in [0.05, 0.1) is 6.10 Å². The van der Waals surface area contributed by atoms with Crippen molar-refractivity contribution in [3.05, 3.63) is 34.9 Å². The molecule has 1 aromatic rings. The molecule has 0 aromatic heterocycles. The number of aliphatic hydroxyl groups excluding tert-OH is 1. The molecule has 2 nitrogen and oxygen atoms in total. The third-order valence-corrected chi connectivity index (χ3v) is 3.45. The zero-order valence-corrected chi connectivity index (χ0v) is 10.2. The van der Waals surface area contributed by atoms with Crippen molar-refractivity contribution in [2.45, 2.75) is 39.3 Å². The highest BCUT2D eigenvalue weighted by Crippen LogP contribution is 2.16. The van der Waals surface area contributed by atoms with Crippen molar-refractivity contribution in [1.29, 1.82) is 0 Å². The molecule has 0 spiro atoms. The van der Waals surface area contributed by atoms with Crippen LogP contribution in [-0.2, 0) is 6.54 Å². The van der Waals surface area contributed by atoms with Gasteiger partial charge in [-0.15, -0.1) is 0 Å². The van der Waals surface area contributed by atoms with Gasteiger partial charge in [-0.3, -0.25) is 4.90 Å². The molecule has 0 bridgehead atoms. The third kappa shape index (κ3) is 2.83. The Morgan fingerprint density at radius 3 is 2.56 bits per heavy atom. The predicted molar refractivity (Wildman–Crippen MR) is 66.4 cm³/mol. The van der Waals surface area contributed by atoms with Crippen LogP contribution in [0, 0.1) is 13.8 Å². The van der Waals surface area contributed by atoms with Crippen LogP contribution in [0.25, 0.3) is 0 Å². The van der Waals surface area contributed by atoms with E-state index in [1.54, 1.807) is 0 Å². The van der Waals surface area contributed by atoms with Crippen LogP contribution < -0.4 is 0 Å². The van der Waals surface area contributed by atoms with Gasteiger partial charge in [-0.25, -0.2) is 0 Å². The van der Waals surface area contributed by atoms with Gasteiger partial charge in [0.25, 0.3) is 0 Å². The summed E-state index contributed by atoms with van der Waals surface area (Å²) in [5, 5.41) is 9.46. The first-order valence-electron chi connectivity index (χ1n) is 6.11. The molecule has 0 amide bonds. The van der Waals surface area contributed by atoms with E-state index in [1.807, 2.05) is 0 Å². The van der Waals surface area contributed by atoms with Crippen molar-refractivity contribution >= 4 is 0 Å². The van der Waals surface area contributed by atoms with E-state index in [0.717, 1.165) is 32.5 Å². The number of rotatable bonds is 2. The minimum absolute atomic E-state index is 0.0737. The lowest BCUT2D eigenvalue weighted by atomic mass is 10.0. The fourth-order valence-corrected chi connectivity index (χ4v) is 2.34. The molecule has 1 aliphatic rings. The normalized spacial score (nSPS) is 18.9.